The molecule has 1 saturated heterocycles. The van der Waals surface area contributed by atoms with Crippen LogP contribution in [0.3, 0.4) is 0 Å². The van der Waals surface area contributed by atoms with Gasteiger partial charge in [0, 0.05) is 11.1 Å². The second-order valence-corrected chi connectivity index (χ2v) is 10.1. The Morgan fingerprint density at radius 3 is 2.17 bits per heavy atom. The third-order valence-electron chi connectivity index (χ3n) is 7.41. The fraction of sp³-hybridized carbons (Fsp3) is 0.438. The first kappa shape index (κ1) is 26.5. The normalized spacial score (nSPS) is 17.9. The van der Waals surface area contributed by atoms with E-state index in [1.165, 1.54) is 0 Å². The van der Waals surface area contributed by atoms with Gasteiger partial charge >= 0.3 is 0 Å². The van der Waals surface area contributed by atoms with Gasteiger partial charge in [-0.1, -0.05) is 88.1 Å². The Hall–Kier alpha value is -2.59. The first-order valence-corrected chi connectivity index (χ1v) is 13.5. The third kappa shape index (κ3) is 6.21. The summed E-state index contributed by atoms with van der Waals surface area (Å²) in [6.45, 7) is 5.00. The maximum atomic E-state index is 15.0. The summed E-state index contributed by atoms with van der Waals surface area (Å²) in [5, 5.41) is 0. The number of ether oxygens (including phenoxy) is 1. The zero-order valence-electron chi connectivity index (χ0n) is 21.5. The molecular formula is C32H37F3O. The van der Waals surface area contributed by atoms with Crippen molar-refractivity contribution >= 4 is 0 Å². The van der Waals surface area contributed by atoms with Gasteiger partial charge in [-0.25, -0.2) is 13.2 Å². The molecule has 4 heteroatoms. The van der Waals surface area contributed by atoms with Crippen LogP contribution in [0.1, 0.15) is 82.4 Å². The van der Waals surface area contributed by atoms with Gasteiger partial charge in [-0.2, -0.15) is 0 Å². The van der Waals surface area contributed by atoms with E-state index >= 15 is 4.39 Å². The van der Waals surface area contributed by atoms with Crippen LogP contribution in [-0.4, -0.2) is 6.61 Å². The summed E-state index contributed by atoms with van der Waals surface area (Å²) in [5.74, 6) is -1.25. The molecule has 1 fully saturated rings. The molecule has 36 heavy (non-hydrogen) atoms. The van der Waals surface area contributed by atoms with Crippen LogP contribution in [0.2, 0.25) is 0 Å². The fourth-order valence-electron chi connectivity index (χ4n) is 5.24. The van der Waals surface area contributed by atoms with Gasteiger partial charge in [0.05, 0.1) is 12.7 Å². The minimum absolute atomic E-state index is 0.193. The molecule has 2 atom stereocenters. The summed E-state index contributed by atoms with van der Waals surface area (Å²) in [4.78, 5) is 0. The zero-order chi connectivity index (χ0) is 25.5. The number of halogens is 3. The Morgan fingerprint density at radius 1 is 0.750 bits per heavy atom. The Balaban J connectivity index is 1.45. The van der Waals surface area contributed by atoms with Crippen molar-refractivity contribution in [2.24, 2.45) is 5.92 Å². The molecule has 0 radical (unpaired) electrons. The van der Waals surface area contributed by atoms with Crippen molar-refractivity contribution in [1.29, 1.82) is 0 Å². The molecule has 0 amide bonds. The molecule has 1 heterocycles. The molecule has 0 aromatic heterocycles. The molecule has 0 bridgehead atoms. The number of hydrogen-bond donors (Lipinski definition) is 0. The number of unbranched alkanes of at least 4 members (excludes halogenated alkanes) is 3. The van der Waals surface area contributed by atoms with Gasteiger partial charge in [0.1, 0.15) is 5.82 Å². The molecule has 3 aromatic rings. The maximum absolute atomic E-state index is 15.0. The van der Waals surface area contributed by atoms with E-state index in [0.717, 1.165) is 62.5 Å². The van der Waals surface area contributed by atoms with Crippen molar-refractivity contribution in [3.63, 3.8) is 0 Å². The van der Waals surface area contributed by atoms with Crippen molar-refractivity contribution in [2.75, 3.05) is 6.61 Å². The van der Waals surface area contributed by atoms with Crippen molar-refractivity contribution in [3.05, 3.63) is 83.2 Å². The second-order valence-electron chi connectivity index (χ2n) is 10.1. The summed E-state index contributed by atoms with van der Waals surface area (Å²) < 4.78 is 50.5. The molecule has 4 rings (SSSR count). The molecule has 0 N–H and O–H groups in total. The quantitative estimate of drug-likeness (QED) is 0.255. The summed E-state index contributed by atoms with van der Waals surface area (Å²) in [6.07, 6.45) is 8.67. The van der Waals surface area contributed by atoms with Crippen LogP contribution in [0, 0.1) is 23.4 Å². The van der Waals surface area contributed by atoms with E-state index in [-0.39, 0.29) is 17.5 Å². The molecule has 0 spiro atoms. The van der Waals surface area contributed by atoms with Gasteiger partial charge in [0.25, 0.3) is 0 Å². The fourth-order valence-corrected chi connectivity index (χ4v) is 5.24. The predicted molar refractivity (Wildman–Crippen MR) is 141 cm³/mol. The van der Waals surface area contributed by atoms with Gasteiger partial charge in [0.15, 0.2) is 11.6 Å². The largest absolute Gasteiger partial charge is 0.373 e. The molecule has 0 saturated carbocycles. The van der Waals surface area contributed by atoms with Gasteiger partial charge in [-0.15, -0.1) is 0 Å². The standard InChI is InChI=1S/C32H37F3O/c1-3-5-6-7-9-25-15-17-27(32(35)31(25)34)24-13-11-23(12-14-24)26-16-18-28(29(33)20-26)30-19-10-22(8-4-2)21-36-30/h11-18,20,22,30H,3-10,19,21H2,1-2H3. The minimum Gasteiger partial charge on any atom is -0.373 e. The number of hydrogen-bond acceptors (Lipinski definition) is 1. The van der Waals surface area contributed by atoms with E-state index in [9.17, 15) is 8.78 Å². The number of rotatable bonds is 10. The Bertz CT molecular complexity index is 1130. The first-order chi connectivity index (χ1) is 17.5. The van der Waals surface area contributed by atoms with Crippen LogP contribution in [0.5, 0.6) is 0 Å². The van der Waals surface area contributed by atoms with Gasteiger partial charge in [-0.3, -0.25) is 0 Å². The van der Waals surface area contributed by atoms with Crippen LogP contribution < -0.4 is 0 Å². The zero-order valence-corrected chi connectivity index (χ0v) is 21.5. The summed E-state index contributed by atoms with van der Waals surface area (Å²) in [7, 11) is 0. The van der Waals surface area contributed by atoms with Crippen LogP contribution in [-0.2, 0) is 11.2 Å². The molecule has 0 aliphatic carbocycles. The lowest BCUT2D eigenvalue weighted by Gasteiger charge is -2.29. The van der Waals surface area contributed by atoms with Crippen molar-refractivity contribution < 1.29 is 17.9 Å². The van der Waals surface area contributed by atoms with Crippen molar-refractivity contribution in [1.82, 2.24) is 0 Å². The molecule has 1 aliphatic heterocycles. The second kappa shape index (κ2) is 12.6. The highest BCUT2D eigenvalue weighted by atomic mass is 19.2. The van der Waals surface area contributed by atoms with Crippen LogP contribution in [0.25, 0.3) is 22.3 Å². The average molecular weight is 495 g/mol. The minimum atomic E-state index is -0.806. The predicted octanol–water partition coefficient (Wildman–Crippen LogP) is 9.83. The van der Waals surface area contributed by atoms with E-state index in [1.54, 1.807) is 30.3 Å². The average Bonchev–Trinajstić information content (AvgIpc) is 2.90. The number of aryl methyl sites for hydroxylation is 1. The van der Waals surface area contributed by atoms with E-state index in [4.69, 9.17) is 4.74 Å². The lowest BCUT2D eigenvalue weighted by Crippen LogP contribution is -2.21. The van der Waals surface area contributed by atoms with E-state index in [1.807, 2.05) is 24.3 Å². The smallest absolute Gasteiger partial charge is 0.166 e. The van der Waals surface area contributed by atoms with Crippen LogP contribution >= 0.6 is 0 Å². The molecule has 2 unspecified atom stereocenters. The van der Waals surface area contributed by atoms with Crippen molar-refractivity contribution in [3.8, 4) is 22.3 Å². The monoisotopic (exact) mass is 494 g/mol. The van der Waals surface area contributed by atoms with Gasteiger partial charge in [0.2, 0.25) is 0 Å². The number of benzene rings is 3. The summed E-state index contributed by atoms with van der Waals surface area (Å²) in [5.41, 5.74) is 3.46. The molecule has 1 aliphatic rings. The summed E-state index contributed by atoms with van der Waals surface area (Å²) >= 11 is 0. The van der Waals surface area contributed by atoms with Gasteiger partial charge < -0.3 is 4.74 Å². The van der Waals surface area contributed by atoms with E-state index < -0.39 is 11.6 Å². The molecule has 1 nitrogen and oxygen atoms in total. The summed E-state index contributed by atoms with van der Waals surface area (Å²) in [6, 6.07) is 15.8. The highest BCUT2D eigenvalue weighted by Gasteiger charge is 2.24. The lowest BCUT2D eigenvalue weighted by molar-refractivity contribution is -0.0211. The Labute approximate surface area is 213 Å². The Morgan fingerprint density at radius 2 is 1.50 bits per heavy atom. The van der Waals surface area contributed by atoms with Gasteiger partial charge in [-0.05, 0) is 66.3 Å². The highest BCUT2D eigenvalue weighted by Crippen LogP contribution is 2.35. The molecular weight excluding hydrogens is 457 g/mol. The van der Waals surface area contributed by atoms with Crippen LogP contribution in [0.4, 0.5) is 13.2 Å². The SMILES string of the molecule is CCCCCCc1ccc(-c2ccc(-c3ccc(C4CCC(CCC)CO4)c(F)c3)cc2)c(F)c1F. The Kier molecular flexibility index (Phi) is 9.25. The third-order valence-corrected chi connectivity index (χ3v) is 7.41. The van der Waals surface area contributed by atoms with Crippen molar-refractivity contribution in [2.45, 2.75) is 77.7 Å². The van der Waals surface area contributed by atoms with Crippen LogP contribution in [0.15, 0.2) is 54.6 Å². The lowest BCUT2D eigenvalue weighted by atomic mass is 9.91. The van der Waals surface area contributed by atoms with E-state index in [2.05, 4.69) is 13.8 Å². The molecule has 192 valence electrons. The highest BCUT2D eigenvalue weighted by molar-refractivity contribution is 5.71. The molecule has 3 aromatic carbocycles. The topological polar surface area (TPSA) is 9.23 Å². The van der Waals surface area contributed by atoms with E-state index in [0.29, 0.717) is 35.6 Å². The first-order valence-electron chi connectivity index (χ1n) is 13.5. The maximum Gasteiger partial charge on any atom is 0.166 e.